The summed E-state index contributed by atoms with van der Waals surface area (Å²) in [7, 11) is 0. The molecule has 58 valence electrons. The van der Waals surface area contributed by atoms with Crippen molar-refractivity contribution < 1.29 is 4.92 Å². The lowest BCUT2D eigenvalue weighted by Crippen LogP contribution is -2.20. The zero-order valence-electron chi connectivity index (χ0n) is 6.47. The first-order chi connectivity index (χ1) is 4.59. The minimum absolute atomic E-state index is 0.113. The van der Waals surface area contributed by atoms with E-state index < -0.39 is 4.92 Å². The first-order valence-corrected chi connectivity index (χ1v) is 3.15. The second-order valence-electron chi connectivity index (χ2n) is 2.14. The van der Waals surface area contributed by atoms with Crippen molar-refractivity contribution in [2.24, 2.45) is 0 Å². The largest absolute Gasteiger partial charge is 0.358 e. The molecule has 0 amide bonds. The highest BCUT2D eigenvalue weighted by Crippen LogP contribution is 1.98. The SMILES string of the molecule is CCNC(=C(C)C)[N+](=O)[O-]. The van der Waals surface area contributed by atoms with Gasteiger partial charge in [-0.2, -0.15) is 0 Å². The van der Waals surface area contributed by atoms with Crippen molar-refractivity contribution in [3.63, 3.8) is 0 Å². The summed E-state index contributed by atoms with van der Waals surface area (Å²) in [6, 6.07) is 0. The molecule has 0 fully saturated rings. The van der Waals surface area contributed by atoms with Crippen molar-refractivity contribution in [3.05, 3.63) is 21.5 Å². The third-order valence-electron chi connectivity index (χ3n) is 1.00. The van der Waals surface area contributed by atoms with E-state index in [2.05, 4.69) is 5.32 Å². The monoisotopic (exact) mass is 144 g/mol. The molecule has 0 atom stereocenters. The second kappa shape index (κ2) is 3.87. The van der Waals surface area contributed by atoms with Crippen LogP contribution in [0.3, 0.4) is 0 Å². The van der Waals surface area contributed by atoms with Gasteiger partial charge in [-0.1, -0.05) is 0 Å². The molecule has 0 saturated carbocycles. The van der Waals surface area contributed by atoms with Crippen molar-refractivity contribution in [1.29, 1.82) is 0 Å². The van der Waals surface area contributed by atoms with E-state index in [-0.39, 0.29) is 5.82 Å². The van der Waals surface area contributed by atoms with Gasteiger partial charge in [0.05, 0.1) is 6.54 Å². The fraction of sp³-hybridized carbons (Fsp3) is 0.667. The topological polar surface area (TPSA) is 55.2 Å². The van der Waals surface area contributed by atoms with Crippen LogP contribution in [0, 0.1) is 10.1 Å². The molecule has 0 rings (SSSR count). The van der Waals surface area contributed by atoms with E-state index in [9.17, 15) is 10.1 Å². The first kappa shape index (κ1) is 8.94. The number of nitrogens with zero attached hydrogens (tertiary/aromatic N) is 1. The normalized spacial score (nSPS) is 8.70. The van der Waals surface area contributed by atoms with Crippen LogP contribution in [0.4, 0.5) is 0 Å². The molecule has 4 heteroatoms. The Morgan fingerprint density at radius 1 is 1.60 bits per heavy atom. The van der Waals surface area contributed by atoms with Crippen molar-refractivity contribution in [3.8, 4) is 0 Å². The van der Waals surface area contributed by atoms with Gasteiger partial charge >= 0.3 is 5.82 Å². The van der Waals surface area contributed by atoms with Crippen LogP contribution in [-0.4, -0.2) is 11.5 Å². The molecule has 0 aliphatic carbocycles. The van der Waals surface area contributed by atoms with Gasteiger partial charge in [0.15, 0.2) is 0 Å². The molecule has 0 aromatic rings. The molecule has 0 radical (unpaired) electrons. The molecule has 0 aromatic heterocycles. The highest BCUT2D eigenvalue weighted by molar-refractivity contribution is 4.98. The second-order valence-corrected chi connectivity index (χ2v) is 2.14. The standard InChI is InChI=1S/C6H12N2O2/c1-4-7-6(5(2)3)8(9)10/h7H,4H2,1-3H3. The summed E-state index contributed by atoms with van der Waals surface area (Å²) in [4.78, 5) is 9.81. The average Bonchev–Trinajstić information content (AvgIpc) is 1.81. The van der Waals surface area contributed by atoms with Crippen LogP contribution in [-0.2, 0) is 0 Å². The van der Waals surface area contributed by atoms with Gasteiger partial charge in [-0.3, -0.25) is 5.32 Å². The Hall–Kier alpha value is -1.06. The predicted octanol–water partition coefficient (Wildman–Crippen LogP) is 1.12. The zero-order chi connectivity index (χ0) is 8.15. The number of nitrogens with one attached hydrogen (secondary N) is 1. The van der Waals surface area contributed by atoms with Crippen molar-refractivity contribution in [2.75, 3.05) is 6.54 Å². The maximum absolute atomic E-state index is 10.2. The smallest absolute Gasteiger partial charge is 0.314 e. The number of allylic oxidation sites excluding steroid dienone is 1. The van der Waals surface area contributed by atoms with Crippen LogP contribution >= 0.6 is 0 Å². The van der Waals surface area contributed by atoms with Crippen LogP contribution in [0.1, 0.15) is 20.8 Å². The highest BCUT2D eigenvalue weighted by Gasteiger charge is 2.06. The number of rotatable bonds is 3. The molecule has 0 saturated heterocycles. The Kier molecular flexibility index (Phi) is 3.46. The van der Waals surface area contributed by atoms with E-state index in [0.29, 0.717) is 12.1 Å². The van der Waals surface area contributed by atoms with Gasteiger partial charge in [-0.15, -0.1) is 0 Å². The average molecular weight is 144 g/mol. The van der Waals surface area contributed by atoms with Gasteiger partial charge in [0.2, 0.25) is 0 Å². The molecule has 0 spiro atoms. The van der Waals surface area contributed by atoms with Crippen LogP contribution in [0.2, 0.25) is 0 Å². The maximum atomic E-state index is 10.2. The fourth-order valence-corrected chi connectivity index (χ4v) is 0.591. The summed E-state index contributed by atoms with van der Waals surface area (Å²) in [5.74, 6) is 0.113. The Morgan fingerprint density at radius 3 is 2.20 bits per heavy atom. The summed E-state index contributed by atoms with van der Waals surface area (Å²) < 4.78 is 0. The Labute approximate surface area is 60.1 Å². The predicted molar refractivity (Wildman–Crippen MR) is 39.0 cm³/mol. The number of nitro groups is 1. The van der Waals surface area contributed by atoms with Crippen LogP contribution in [0.15, 0.2) is 11.4 Å². The third-order valence-corrected chi connectivity index (χ3v) is 1.00. The van der Waals surface area contributed by atoms with Gasteiger partial charge in [0, 0.05) is 5.57 Å². The van der Waals surface area contributed by atoms with E-state index in [1.807, 2.05) is 6.92 Å². The first-order valence-electron chi connectivity index (χ1n) is 3.15. The zero-order valence-corrected chi connectivity index (χ0v) is 6.47. The maximum Gasteiger partial charge on any atom is 0.314 e. The Balaban J connectivity index is 4.28. The van der Waals surface area contributed by atoms with Crippen molar-refractivity contribution >= 4 is 0 Å². The van der Waals surface area contributed by atoms with Crippen LogP contribution in [0.25, 0.3) is 0 Å². The number of hydrogen-bond acceptors (Lipinski definition) is 3. The van der Waals surface area contributed by atoms with E-state index in [0.717, 1.165) is 0 Å². The summed E-state index contributed by atoms with van der Waals surface area (Å²) >= 11 is 0. The fourth-order valence-electron chi connectivity index (χ4n) is 0.591. The van der Waals surface area contributed by atoms with E-state index >= 15 is 0 Å². The van der Waals surface area contributed by atoms with Crippen molar-refractivity contribution in [1.82, 2.24) is 5.32 Å². The summed E-state index contributed by atoms with van der Waals surface area (Å²) in [6.07, 6.45) is 0. The molecule has 0 aromatic carbocycles. The van der Waals surface area contributed by atoms with Crippen molar-refractivity contribution in [2.45, 2.75) is 20.8 Å². The molecule has 0 aliphatic heterocycles. The van der Waals surface area contributed by atoms with E-state index in [1.54, 1.807) is 13.8 Å². The lowest BCUT2D eigenvalue weighted by Gasteiger charge is -2.01. The highest BCUT2D eigenvalue weighted by atomic mass is 16.6. The molecule has 0 aliphatic rings. The Bertz CT molecular complexity index is 159. The lowest BCUT2D eigenvalue weighted by atomic mass is 10.3. The molecule has 0 bridgehead atoms. The summed E-state index contributed by atoms with van der Waals surface area (Å²) in [6.45, 7) is 5.83. The van der Waals surface area contributed by atoms with E-state index in [4.69, 9.17) is 0 Å². The molecular weight excluding hydrogens is 132 g/mol. The molecule has 0 unspecified atom stereocenters. The molecule has 4 nitrogen and oxygen atoms in total. The number of hydrogen-bond donors (Lipinski definition) is 1. The van der Waals surface area contributed by atoms with Gasteiger partial charge in [0.1, 0.15) is 0 Å². The van der Waals surface area contributed by atoms with Gasteiger partial charge in [0.25, 0.3) is 0 Å². The minimum Gasteiger partial charge on any atom is -0.358 e. The van der Waals surface area contributed by atoms with Gasteiger partial charge < -0.3 is 10.1 Å². The van der Waals surface area contributed by atoms with Gasteiger partial charge in [-0.05, 0) is 25.7 Å². The quantitative estimate of drug-likeness (QED) is 0.477. The van der Waals surface area contributed by atoms with Crippen LogP contribution in [0.5, 0.6) is 0 Å². The molecule has 1 N–H and O–H groups in total. The van der Waals surface area contributed by atoms with E-state index in [1.165, 1.54) is 0 Å². The third kappa shape index (κ3) is 2.48. The van der Waals surface area contributed by atoms with Gasteiger partial charge in [-0.25, -0.2) is 0 Å². The molecule has 0 heterocycles. The lowest BCUT2D eigenvalue weighted by molar-refractivity contribution is -0.432. The summed E-state index contributed by atoms with van der Waals surface area (Å²) in [5, 5.41) is 12.9. The minimum atomic E-state index is -0.404. The van der Waals surface area contributed by atoms with Crippen LogP contribution < -0.4 is 5.32 Å². The molecule has 10 heavy (non-hydrogen) atoms. The molecular formula is C6H12N2O2. The summed E-state index contributed by atoms with van der Waals surface area (Å²) in [5.41, 5.74) is 0.701. The Morgan fingerprint density at radius 2 is 2.10 bits per heavy atom.